The van der Waals surface area contributed by atoms with Gasteiger partial charge in [0.2, 0.25) is 6.17 Å². The van der Waals surface area contributed by atoms with Crippen LogP contribution in [0.25, 0.3) is 0 Å². The lowest BCUT2D eigenvalue weighted by Crippen LogP contribution is -2.38. The summed E-state index contributed by atoms with van der Waals surface area (Å²) in [7, 11) is 2.13. The average Bonchev–Trinajstić information content (AvgIpc) is 2.78. The number of rotatable bonds is 2. The molecule has 1 heterocycles. The van der Waals surface area contributed by atoms with Crippen molar-refractivity contribution in [1.29, 1.82) is 0 Å². The summed E-state index contributed by atoms with van der Waals surface area (Å²) >= 11 is 2.52. The van der Waals surface area contributed by atoms with Crippen LogP contribution in [0.2, 0.25) is 0 Å². The monoisotopic (exact) mass is 363 g/mol. The van der Waals surface area contributed by atoms with Gasteiger partial charge in [-0.3, -0.25) is 0 Å². The van der Waals surface area contributed by atoms with E-state index >= 15 is 0 Å². The first-order valence-corrected chi connectivity index (χ1v) is 7.28. The summed E-state index contributed by atoms with van der Waals surface area (Å²) in [4.78, 5) is 2.27. The van der Waals surface area contributed by atoms with E-state index in [9.17, 15) is 0 Å². The van der Waals surface area contributed by atoms with E-state index in [2.05, 4.69) is 108 Å². The van der Waals surface area contributed by atoms with Crippen molar-refractivity contribution >= 4 is 28.6 Å². The quantitative estimate of drug-likeness (QED) is 0.563. The van der Waals surface area contributed by atoms with Crippen molar-refractivity contribution in [3.05, 3.63) is 78.6 Å². The summed E-state index contributed by atoms with van der Waals surface area (Å²) in [6.07, 6.45) is 4.69. The highest BCUT2D eigenvalue weighted by molar-refractivity contribution is 14.1. The highest BCUT2D eigenvalue weighted by Crippen LogP contribution is 2.45. The zero-order chi connectivity index (χ0) is 13.3. The first-order chi connectivity index (χ1) is 9.22. The van der Waals surface area contributed by atoms with E-state index in [1.54, 1.807) is 0 Å². The molecule has 3 heteroatoms. The van der Waals surface area contributed by atoms with Crippen LogP contribution >= 0.6 is 22.9 Å². The van der Waals surface area contributed by atoms with Crippen molar-refractivity contribution in [2.45, 2.75) is 6.17 Å². The second-order valence-electron chi connectivity index (χ2n) is 4.77. The lowest BCUT2D eigenvalue weighted by molar-refractivity contribution is 0.283. The van der Waals surface area contributed by atoms with Gasteiger partial charge in [0.05, 0.1) is 6.20 Å². The van der Waals surface area contributed by atoms with E-state index in [0.717, 1.165) is 2.70 Å². The van der Waals surface area contributed by atoms with Gasteiger partial charge in [-0.05, 0) is 0 Å². The van der Waals surface area contributed by atoms with Gasteiger partial charge in [-0.2, -0.15) is 2.70 Å². The van der Waals surface area contributed by atoms with E-state index in [1.165, 1.54) is 11.3 Å². The summed E-state index contributed by atoms with van der Waals surface area (Å²) in [6, 6.07) is 21.3. The molecular weight excluding hydrogens is 347 g/mol. The normalized spacial score (nSPS) is 25.8. The SMILES string of the molecule is CN1C=C[N+](I)(c2ccccc2)C1c1ccccc1. The molecule has 0 radical (unpaired) electrons. The summed E-state index contributed by atoms with van der Waals surface area (Å²) < 4.78 is 0.749. The largest absolute Gasteiger partial charge is 0.322 e. The standard InChI is InChI=1S/C16H16IN2/c1-18-12-13-19(17,15-10-6-3-7-11-15)16(18)14-8-4-2-5-9-14/h2-13,16H,1H3/q+1. The molecule has 0 fully saturated rings. The topological polar surface area (TPSA) is 3.24 Å². The second kappa shape index (κ2) is 4.98. The van der Waals surface area contributed by atoms with Gasteiger partial charge in [-0.1, -0.05) is 48.5 Å². The third kappa shape index (κ3) is 2.17. The molecular formula is C16H16IN2+. The number of quaternary nitrogens is 1. The molecule has 96 valence electrons. The number of benzene rings is 2. The zero-order valence-electron chi connectivity index (χ0n) is 10.8. The van der Waals surface area contributed by atoms with Gasteiger partial charge in [-0.15, -0.1) is 0 Å². The van der Waals surface area contributed by atoms with E-state index in [0.29, 0.717) is 0 Å². The Balaban J connectivity index is 2.08. The van der Waals surface area contributed by atoms with E-state index in [1.807, 2.05) is 0 Å². The van der Waals surface area contributed by atoms with Crippen molar-refractivity contribution in [2.75, 3.05) is 7.05 Å². The highest BCUT2D eigenvalue weighted by atomic mass is 127. The van der Waals surface area contributed by atoms with E-state index in [4.69, 9.17) is 0 Å². The number of hydrogen-bond acceptors (Lipinski definition) is 1. The summed E-state index contributed by atoms with van der Waals surface area (Å²) in [6.45, 7) is 0. The van der Waals surface area contributed by atoms with E-state index < -0.39 is 0 Å². The van der Waals surface area contributed by atoms with Gasteiger partial charge in [0, 0.05) is 24.7 Å². The maximum atomic E-state index is 2.52. The molecule has 0 N–H and O–H groups in total. The van der Waals surface area contributed by atoms with Crippen molar-refractivity contribution in [1.82, 2.24) is 7.60 Å². The van der Waals surface area contributed by atoms with Gasteiger partial charge < -0.3 is 4.90 Å². The van der Waals surface area contributed by atoms with Crippen LogP contribution in [0.4, 0.5) is 5.69 Å². The molecule has 2 aromatic carbocycles. The number of halogens is 1. The van der Waals surface area contributed by atoms with Gasteiger partial charge in [0.15, 0.2) is 0 Å². The Morgan fingerprint density at radius 1 is 0.947 bits per heavy atom. The third-order valence-corrected chi connectivity index (χ3v) is 4.92. The van der Waals surface area contributed by atoms with Gasteiger partial charge in [0.1, 0.15) is 11.9 Å². The van der Waals surface area contributed by atoms with Crippen LogP contribution in [-0.4, -0.2) is 11.9 Å². The first-order valence-electron chi connectivity index (χ1n) is 6.32. The van der Waals surface area contributed by atoms with Crippen LogP contribution < -0.4 is 2.70 Å². The van der Waals surface area contributed by atoms with Crippen molar-refractivity contribution in [3.8, 4) is 0 Å². The maximum absolute atomic E-state index is 2.52. The molecule has 1 aliphatic rings. The fraction of sp³-hybridized carbons (Fsp3) is 0.125. The van der Waals surface area contributed by atoms with Crippen molar-refractivity contribution in [2.24, 2.45) is 0 Å². The predicted molar refractivity (Wildman–Crippen MR) is 88.3 cm³/mol. The average molecular weight is 363 g/mol. The molecule has 2 atom stereocenters. The number of nitrogens with zero attached hydrogens (tertiary/aromatic N) is 2. The molecule has 0 saturated heterocycles. The Morgan fingerprint density at radius 3 is 2.16 bits per heavy atom. The molecule has 0 aromatic heterocycles. The summed E-state index contributed by atoms with van der Waals surface area (Å²) in [5, 5.41) is 0. The van der Waals surface area contributed by atoms with Crippen LogP contribution in [0.3, 0.4) is 0 Å². The van der Waals surface area contributed by atoms with Crippen molar-refractivity contribution in [3.63, 3.8) is 0 Å². The highest BCUT2D eigenvalue weighted by Gasteiger charge is 2.43. The number of hydrogen-bond donors (Lipinski definition) is 0. The summed E-state index contributed by atoms with van der Waals surface area (Å²) in [5.74, 6) is 0. The first kappa shape index (κ1) is 12.7. The Labute approximate surface area is 128 Å². The molecule has 19 heavy (non-hydrogen) atoms. The van der Waals surface area contributed by atoms with Crippen LogP contribution in [-0.2, 0) is 0 Å². The van der Waals surface area contributed by atoms with Gasteiger partial charge in [-0.25, -0.2) is 0 Å². The Hall–Kier alpha value is -1.33. The predicted octanol–water partition coefficient (Wildman–Crippen LogP) is 4.46. The molecule has 1 aliphatic heterocycles. The number of para-hydroxylation sites is 1. The molecule has 0 spiro atoms. The fourth-order valence-corrected chi connectivity index (χ4v) is 3.77. The van der Waals surface area contributed by atoms with Crippen molar-refractivity contribution < 1.29 is 0 Å². The molecule has 0 saturated carbocycles. The van der Waals surface area contributed by atoms with Gasteiger partial charge in [0.25, 0.3) is 22.9 Å². The van der Waals surface area contributed by atoms with Gasteiger partial charge >= 0.3 is 0 Å². The molecule has 0 bridgehead atoms. The van der Waals surface area contributed by atoms with E-state index in [-0.39, 0.29) is 6.17 Å². The fourth-order valence-electron chi connectivity index (χ4n) is 2.59. The molecule has 2 aromatic rings. The maximum Gasteiger partial charge on any atom is 0.262 e. The zero-order valence-corrected chi connectivity index (χ0v) is 12.9. The lowest BCUT2D eigenvalue weighted by Gasteiger charge is -2.33. The van der Waals surface area contributed by atoms with Crippen LogP contribution in [0.1, 0.15) is 11.7 Å². The Bertz CT molecular complexity index is 582. The molecule has 2 nitrogen and oxygen atoms in total. The smallest absolute Gasteiger partial charge is 0.262 e. The summed E-state index contributed by atoms with van der Waals surface area (Å²) in [5.41, 5.74) is 2.62. The second-order valence-corrected chi connectivity index (χ2v) is 6.37. The molecule has 0 amide bonds. The Morgan fingerprint density at radius 2 is 1.53 bits per heavy atom. The van der Waals surface area contributed by atoms with Crippen LogP contribution in [0.15, 0.2) is 73.1 Å². The minimum absolute atomic E-state index is 0.282. The van der Waals surface area contributed by atoms with Crippen LogP contribution in [0.5, 0.6) is 0 Å². The molecule has 2 unspecified atom stereocenters. The third-order valence-electron chi connectivity index (χ3n) is 3.51. The minimum Gasteiger partial charge on any atom is -0.322 e. The van der Waals surface area contributed by atoms with Crippen LogP contribution in [0, 0.1) is 0 Å². The lowest BCUT2D eigenvalue weighted by atomic mass is 10.1. The minimum atomic E-state index is 0.282. The molecule has 3 rings (SSSR count). The molecule has 0 aliphatic carbocycles. The Kier molecular flexibility index (Phi) is 3.33.